The number of halogens is 2. The van der Waals surface area contributed by atoms with Gasteiger partial charge in [-0.15, -0.1) is 11.3 Å². The van der Waals surface area contributed by atoms with Crippen LogP contribution in [0.15, 0.2) is 36.1 Å². The predicted molar refractivity (Wildman–Crippen MR) is 83.2 cm³/mol. The zero-order chi connectivity index (χ0) is 15.1. The van der Waals surface area contributed by atoms with E-state index >= 15 is 0 Å². The van der Waals surface area contributed by atoms with Crippen LogP contribution in [0.1, 0.15) is 0 Å². The molecule has 0 atom stereocenters. The minimum absolute atomic E-state index is 0.268. The molecule has 4 aromatic heterocycles. The predicted octanol–water partition coefficient (Wildman–Crippen LogP) is 3.94. The van der Waals surface area contributed by atoms with E-state index in [4.69, 9.17) is 11.6 Å². The quantitative estimate of drug-likeness (QED) is 0.604. The minimum atomic E-state index is -0.463. The first-order valence-corrected chi connectivity index (χ1v) is 7.54. The maximum Gasteiger partial charge on any atom is 0.168 e. The summed E-state index contributed by atoms with van der Waals surface area (Å²) in [5, 5.41) is 2.14. The molecule has 0 bridgehead atoms. The van der Waals surface area contributed by atoms with Crippen molar-refractivity contribution >= 4 is 34.1 Å². The molecule has 4 aromatic rings. The highest BCUT2D eigenvalue weighted by molar-refractivity contribution is 7.13. The van der Waals surface area contributed by atoms with E-state index in [2.05, 4.69) is 24.9 Å². The Bertz CT molecular complexity index is 967. The van der Waals surface area contributed by atoms with Crippen LogP contribution >= 0.6 is 22.9 Å². The van der Waals surface area contributed by atoms with E-state index in [1.807, 2.05) is 17.5 Å². The topological polar surface area (TPSA) is 67.3 Å². The summed E-state index contributed by atoms with van der Waals surface area (Å²) < 4.78 is 14.0. The van der Waals surface area contributed by atoms with Gasteiger partial charge in [0.25, 0.3) is 0 Å². The van der Waals surface area contributed by atoms with Gasteiger partial charge in [0.1, 0.15) is 16.4 Å². The molecule has 8 heteroatoms. The highest BCUT2D eigenvalue weighted by Crippen LogP contribution is 2.29. The van der Waals surface area contributed by atoms with Crippen molar-refractivity contribution in [3.8, 4) is 22.0 Å². The lowest BCUT2D eigenvalue weighted by Gasteiger charge is -2.02. The van der Waals surface area contributed by atoms with Gasteiger partial charge in [0, 0.05) is 6.20 Å². The summed E-state index contributed by atoms with van der Waals surface area (Å²) in [7, 11) is 0. The molecule has 0 aliphatic rings. The number of aromatic nitrogens is 5. The zero-order valence-electron chi connectivity index (χ0n) is 10.9. The number of hydrogen-bond acceptors (Lipinski definition) is 5. The Labute approximate surface area is 132 Å². The molecule has 0 aliphatic carbocycles. The van der Waals surface area contributed by atoms with E-state index < -0.39 is 5.82 Å². The summed E-state index contributed by atoms with van der Waals surface area (Å²) in [4.78, 5) is 20.5. The summed E-state index contributed by atoms with van der Waals surface area (Å²) in [6.45, 7) is 0. The van der Waals surface area contributed by atoms with Gasteiger partial charge in [-0.2, -0.15) is 0 Å². The van der Waals surface area contributed by atoms with Crippen LogP contribution in [0.2, 0.25) is 5.15 Å². The first-order valence-electron chi connectivity index (χ1n) is 6.29. The standard InChI is InChI=1S/C14H7ClFN5S/c15-10-6-19-14-11(20-10)7(4-17-14)13-18-5-8(16)12(21-13)9-2-1-3-22-9/h1-6H,(H,17,19). The molecular weight excluding hydrogens is 325 g/mol. The number of nitrogens with zero attached hydrogens (tertiary/aromatic N) is 4. The summed E-state index contributed by atoms with van der Waals surface area (Å²) in [5.41, 5.74) is 2.02. The number of thiophene rings is 1. The van der Waals surface area contributed by atoms with Crippen LogP contribution in [-0.4, -0.2) is 24.9 Å². The fraction of sp³-hybridized carbons (Fsp3) is 0. The second kappa shape index (κ2) is 5.11. The molecule has 5 nitrogen and oxygen atoms in total. The SMILES string of the molecule is Fc1cnc(-c2c[nH]c3ncc(Cl)nc23)nc1-c1cccs1. The molecule has 0 saturated carbocycles. The monoisotopic (exact) mass is 331 g/mol. The van der Waals surface area contributed by atoms with Crippen molar-refractivity contribution in [2.75, 3.05) is 0 Å². The van der Waals surface area contributed by atoms with Gasteiger partial charge in [0.05, 0.1) is 22.8 Å². The van der Waals surface area contributed by atoms with Gasteiger partial charge < -0.3 is 4.98 Å². The van der Waals surface area contributed by atoms with Crippen LogP contribution in [0.4, 0.5) is 4.39 Å². The average Bonchev–Trinajstić information content (AvgIpc) is 3.17. The van der Waals surface area contributed by atoms with E-state index in [9.17, 15) is 4.39 Å². The average molecular weight is 332 g/mol. The molecule has 0 aromatic carbocycles. The minimum Gasteiger partial charge on any atom is -0.344 e. The number of nitrogens with one attached hydrogen (secondary N) is 1. The number of hydrogen-bond donors (Lipinski definition) is 1. The molecule has 0 spiro atoms. The summed E-state index contributed by atoms with van der Waals surface area (Å²) in [5.74, 6) is -0.0947. The molecule has 0 saturated heterocycles. The Hall–Kier alpha value is -2.38. The van der Waals surface area contributed by atoms with Crippen LogP contribution in [0.5, 0.6) is 0 Å². The van der Waals surface area contributed by atoms with Crippen LogP contribution in [-0.2, 0) is 0 Å². The van der Waals surface area contributed by atoms with Gasteiger partial charge in [-0.05, 0) is 11.4 Å². The van der Waals surface area contributed by atoms with Gasteiger partial charge in [-0.3, -0.25) is 0 Å². The van der Waals surface area contributed by atoms with E-state index in [0.717, 1.165) is 11.1 Å². The summed E-state index contributed by atoms with van der Waals surface area (Å²) in [6, 6.07) is 3.66. The number of aromatic amines is 1. The third kappa shape index (κ3) is 2.15. The van der Waals surface area contributed by atoms with E-state index in [-0.39, 0.29) is 10.8 Å². The van der Waals surface area contributed by atoms with Gasteiger partial charge in [-0.25, -0.2) is 24.3 Å². The Kier molecular flexibility index (Phi) is 3.09. The van der Waals surface area contributed by atoms with Crippen molar-refractivity contribution < 1.29 is 4.39 Å². The first kappa shape index (κ1) is 13.3. The molecule has 0 aliphatic heterocycles. The van der Waals surface area contributed by atoms with E-state index in [1.54, 1.807) is 6.20 Å². The fourth-order valence-corrected chi connectivity index (χ4v) is 2.97. The van der Waals surface area contributed by atoms with Crippen LogP contribution < -0.4 is 0 Å². The zero-order valence-corrected chi connectivity index (χ0v) is 12.5. The van der Waals surface area contributed by atoms with Gasteiger partial charge in [0.15, 0.2) is 17.3 Å². The second-order valence-corrected chi connectivity index (χ2v) is 5.79. The number of rotatable bonds is 2. The normalized spacial score (nSPS) is 11.2. The lowest BCUT2D eigenvalue weighted by atomic mass is 10.2. The summed E-state index contributed by atoms with van der Waals surface area (Å²) >= 11 is 7.30. The maximum absolute atomic E-state index is 14.0. The molecule has 0 amide bonds. The largest absolute Gasteiger partial charge is 0.344 e. The van der Waals surface area contributed by atoms with Crippen molar-refractivity contribution in [3.05, 3.63) is 47.1 Å². The van der Waals surface area contributed by atoms with Crippen molar-refractivity contribution in [1.29, 1.82) is 0 Å². The second-order valence-electron chi connectivity index (χ2n) is 4.46. The fourth-order valence-electron chi connectivity index (χ4n) is 2.12. The van der Waals surface area contributed by atoms with Crippen LogP contribution in [0, 0.1) is 5.82 Å². The Morgan fingerprint density at radius 1 is 1.18 bits per heavy atom. The molecule has 22 heavy (non-hydrogen) atoms. The Morgan fingerprint density at radius 2 is 2.09 bits per heavy atom. The van der Waals surface area contributed by atoms with Crippen LogP contribution in [0.3, 0.4) is 0 Å². The Balaban J connectivity index is 1.92. The molecule has 4 rings (SSSR count). The van der Waals surface area contributed by atoms with Crippen molar-refractivity contribution in [2.45, 2.75) is 0 Å². The van der Waals surface area contributed by atoms with E-state index in [1.165, 1.54) is 17.5 Å². The molecule has 0 radical (unpaired) electrons. The first-order chi connectivity index (χ1) is 10.7. The van der Waals surface area contributed by atoms with Gasteiger partial charge >= 0.3 is 0 Å². The third-order valence-electron chi connectivity index (χ3n) is 3.09. The molecule has 1 N–H and O–H groups in total. The molecule has 0 fully saturated rings. The lowest BCUT2D eigenvalue weighted by molar-refractivity contribution is 0.619. The van der Waals surface area contributed by atoms with Crippen LogP contribution in [0.25, 0.3) is 33.1 Å². The van der Waals surface area contributed by atoms with Crippen molar-refractivity contribution in [3.63, 3.8) is 0 Å². The van der Waals surface area contributed by atoms with Crippen molar-refractivity contribution in [2.24, 2.45) is 0 Å². The number of fused-ring (bicyclic) bond motifs is 1. The third-order valence-corrected chi connectivity index (χ3v) is 4.15. The Morgan fingerprint density at radius 3 is 2.91 bits per heavy atom. The highest BCUT2D eigenvalue weighted by atomic mass is 35.5. The smallest absolute Gasteiger partial charge is 0.168 e. The maximum atomic E-state index is 14.0. The molecular formula is C14H7ClFN5S. The highest BCUT2D eigenvalue weighted by Gasteiger charge is 2.15. The van der Waals surface area contributed by atoms with Gasteiger partial charge in [-0.1, -0.05) is 17.7 Å². The van der Waals surface area contributed by atoms with E-state index in [0.29, 0.717) is 22.6 Å². The molecule has 108 valence electrons. The lowest BCUT2D eigenvalue weighted by Crippen LogP contribution is -1.95. The summed E-state index contributed by atoms with van der Waals surface area (Å²) in [6.07, 6.45) is 4.30. The van der Waals surface area contributed by atoms with Crippen molar-refractivity contribution in [1.82, 2.24) is 24.9 Å². The molecule has 0 unspecified atom stereocenters. The molecule has 4 heterocycles. The number of H-pyrrole nitrogens is 1. The van der Waals surface area contributed by atoms with Gasteiger partial charge in [0.2, 0.25) is 0 Å².